The molecule has 3 aliphatic rings. The van der Waals surface area contributed by atoms with Gasteiger partial charge in [0.2, 0.25) is 0 Å². The number of carbonyl (C=O) groups is 1. The Kier molecular flexibility index (Phi) is 8.69. The molecule has 10 heteroatoms. The van der Waals surface area contributed by atoms with Gasteiger partial charge in [0.15, 0.2) is 5.25 Å². The average molecular weight is 584 g/mol. The van der Waals surface area contributed by atoms with E-state index in [2.05, 4.69) is 9.62 Å². The minimum Gasteiger partial charge on any atom is -0.487 e. The van der Waals surface area contributed by atoms with Crippen molar-refractivity contribution in [2.75, 3.05) is 18.0 Å². The summed E-state index contributed by atoms with van der Waals surface area (Å²) < 4.78 is 34.2. The molecule has 0 spiro atoms. The lowest BCUT2D eigenvalue weighted by molar-refractivity contribution is 0.0461. The van der Waals surface area contributed by atoms with Crippen LogP contribution in [-0.2, 0) is 23.1 Å². The Balaban J connectivity index is 1.54. The van der Waals surface area contributed by atoms with E-state index in [1.807, 2.05) is 18.2 Å². The number of ether oxygens (including phenoxy) is 1. The molecule has 2 bridgehead atoms. The Morgan fingerprint density at radius 2 is 1.95 bits per heavy atom. The zero-order valence-corrected chi connectivity index (χ0v) is 23.8. The summed E-state index contributed by atoms with van der Waals surface area (Å²) in [5, 5.41) is 19.7. The second kappa shape index (κ2) is 12.2. The van der Waals surface area contributed by atoms with E-state index in [0.29, 0.717) is 42.6 Å². The second-order valence-electron chi connectivity index (χ2n) is 10.9. The van der Waals surface area contributed by atoms with Crippen molar-refractivity contribution in [3.05, 3.63) is 70.3 Å². The fourth-order valence-electron chi connectivity index (χ4n) is 5.81. The van der Waals surface area contributed by atoms with Gasteiger partial charge in [-0.25, -0.2) is 13.1 Å². The van der Waals surface area contributed by atoms with E-state index >= 15 is 0 Å². The van der Waals surface area contributed by atoms with Gasteiger partial charge in [-0.2, -0.15) is 5.26 Å². The summed E-state index contributed by atoms with van der Waals surface area (Å²) in [6, 6.07) is 12.6. The number of fused-ring (bicyclic) bond motifs is 3. The highest BCUT2D eigenvalue weighted by Gasteiger charge is 2.37. The van der Waals surface area contributed by atoms with Crippen LogP contribution < -0.4 is 14.4 Å². The molecule has 2 heterocycles. The number of nitriles is 1. The van der Waals surface area contributed by atoms with Gasteiger partial charge in [0.25, 0.3) is 15.9 Å². The lowest BCUT2D eigenvalue weighted by Crippen LogP contribution is -2.43. The van der Waals surface area contributed by atoms with Crippen LogP contribution in [0.4, 0.5) is 5.69 Å². The Labute approximate surface area is 240 Å². The second-order valence-corrected chi connectivity index (χ2v) is 13.2. The van der Waals surface area contributed by atoms with Crippen LogP contribution in [0.15, 0.2) is 48.6 Å². The minimum absolute atomic E-state index is 0.0227. The van der Waals surface area contributed by atoms with Crippen molar-refractivity contribution < 1.29 is 23.1 Å². The van der Waals surface area contributed by atoms with Crippen molar-refractivity contribution in [2.45, 2.75) is 62.9 Å². The summed E-state index contributed by atoms with van der Waals surface area (Å²) in [4.78, 5) is 15.4. The minimum atomic E-state index is -4.23. The number of nitrogens with one attached hydrogen (secondary N) is 1. The molecule has 1 aliphatic carbocycles. The van der Waals surface area contributed by atoms with Crippen LogP contribution in [0, 0.1) is 23.2 Å². The van der Waals surface area contributed by atoms with Crippen molar-refractivity contribution in [1.82, 2.24) is 4.72 Å². The summed E-state index contributed by atoms with van der Waals surface area (Å²) in [5.41, 5.74) is 3.08. The summed E-state index contributed by atoms with van der Waals surface area (Å²) in [6.45, 7) is 1.72. The molecule has 40 heavy (non-hydrogen) atoms. The molecular formula is C30H34ClN3O5S. The molecule has 1 amide bonds. The Bertz CT molecular complexity index is 1440. The van der Waals surface area contributed by atoms with Crippen molar-refractivity contribution in [1.29, 1.82) is 5.26 Å². The zero-order chi connectivity index (χ0) is 28.3. The number of rotatable bonds is 0. The van der Waals surface area contributed by atoms with Crippen LogP contribution in [0.3, 0.4) is 0 Å². The molecule has 2 N–H and O–H groups in total. The molecule has 0 radical (unpaired) electrons. The van der Waals surface area contributed by atoms with Gasteiger partial charge in [-0.3, -0.25) is 4.79 Å². The number of halogens is 1. The number of sulfonamides is 1. The van der Waals surface area contributed by atoms with Gasteiger partial charge in [-0.1, -0.05) is 29.8 Å². The van der Waals surface area contributed by atoms with Crippen LogP contribution in [0.5, 0.6) is 5.75 Å². The van der Waals surface area contributed by atoms with E-state index < -0.39 is 27.3 Å². The largest absolute Gasteiger partial charge is 0.487 e. The average Bonchev–Trinajstić information content (AvgIpc) is 2.93. The molecule has 0 aromatic heterocycles. The fraction of sp³-hybridized carbons (Fsp3) is 0.467. The van der Waals surface area contributed by atoms with Gasteiger partial charge in [0.05, 0.1) is 17.9 Å². The topological polar surface area (TPSA) is 120 Å². The number of aliphatic hydroxyl groups is 1. The molecule has 4 atom stereocenters. The predicted molar refractivity (Wildman–Crippen MR) is 154 cm³/mol. The van der Waals surface area contributed by atoms with Crippen molar-refractivity contribution >= 4 is 33.2 Å². The number of anilines is 1. The highest BCUT2D eigenvalue weighted by molar-refractivity contribution is 7.90. The number of hydrogen-bond donors (Lipinski definition) is 2. The number of hydrogen-bond acceptors (Lipinski definition) is 7. The summed E-state index contributed by atoms with van der Waals surface area (Å²) in [7, 11) is -4.23. The number of amides is 1. The predicted octanol–water partition coefficient (Wildman–Crippen LogP) is 4.75. The van der Waals surface area contributed by atoms with E-state index in [9.17, 15) is 23.6 Å². The van der Waals surface area contributed by atoms with Crippen LogP contribution >= 0.6 is 11.6 Å². The van der Waals surface area contributed by atoms with Crippen LogP contribution in [0.25, 0.3) is 0 Å². The highest BCUT2D eigenvalue weighted by Crippen LogP contribution is 2.41. The third kappa shape index (κ3) is 6.30. The normalized spacial score (nSPS) is 27.7. The van der Waals surface area contributed by atoms with Crippen molar-refractivity contribution in [2.24, 2.45) is 11.8 Å². The van der Waals surface area contributed by atoms with E-state index in [1.165, 1.54) is 0 Å². The summed E-state index contributed by atoms with van der Waals surface area (Å²) in [6.07, 6.45) is 7.71. The maximum atomic E-state index is 13.2. The first-order valence-electron chi connectivity index (χ1n) is 13.8. The summed E-state index contributed by atoms with van der Waals surface area (Å²) in [5.74, 6) is 0.151. The van der Waals surface area contributed by atoms with E-state index in [-0.39, 0.29) is 23.8 Å². The van der Waals surface area contributed by atoms with E-state index in [1.54, 1.807) is 36.4 Å². The maximum absolute atomic E-state index is 13.2. The van der Waals surface area contributed by atoms with Gasteiger partial charge in [0.1, 0.15) is 12.4 Å². The number of aliphatic hydroxyl groups excluding tert-OH is 1. The highest BCUT2D eigenvalue weighted by atomic mass is 35.5. The number of nitrogens with zero attached hydrogens (tertiary/aromatic N) is 2. The molecule has 2 aromatic carbocycles. The molecule has 2 aromatic rings. The smallest absolute Gasteiger partial charge is 0.264 e. The standard InChI is InChI=1S/C30H34ClN3O5S/c31-24-11-8-23-19-39-29-13-10-21-16-27(29)34(14-4-3-5-20(23)15-24)18-22-9-12-26(22)28(35)7-2-1-6-25(17-32)40(37,38)33-30(21)36/h2,7-8,10-11,13,15-16,22,25-26,28,35H,1,3-6,9,12,14,18-19H2,(H,33,36)/b7-2-/t22-,25+,26+,28-/m0/s1. The van der Waals surface area contributed by atoms with Crippen molar-refractivity contribution in [3.8, 4) is 11.8 Å². The molecule has 212 valence electrons. The lowest BCUT2D eigenvalue weighted by Gasteiger charge is -2.42. The Morgan fingerprint density at radius 1 is 1.10 bits per heavy atom. The van der Waals surface area contributed by atoms with E-state index in [0.717, 1.165) is 43.2 Å². The molecule has 1 saturated carbocycles. The monoisotopic (exact) mass is 583 g/mol. The Morgan fingerprint density at radius 3 is 2.73 bits per heavy atom. The van der Waals surface area contributed by atoms with Crippen molar-refractivity contribution in [3.63, 3.8) is 0 Å². The van der Waals surface area contributed by atoms with Crippen LogP contribution in [0.2, 0.25) is 5.02 Å². The number of benzene rings is 2. The third-order valence-corrected chi connectivity index (χ3v) is 10.1. The fourth-order valence-corrected chi connectivity index (χ4v) is 7.11. The van der Waals surface area contributed by atoms with Gasteiger partial charge >= 0.3 is 0 Å². The molecule has 1 fully saturated rings. The first-order chi connectivity index (χ1) is 19.2. The van der Waals surface area contributed by atoms with Gasteiger partial charge in [-0.05, 0) is 98.2 Å². The van der Waals surface area contributed by atoms with Gasteiger partial charge in [0, 0.05) is 23.7 Å². The molecule has 8 nitrogen and oxygen atoms in total. The molecule has 0 saturated heterocycles. The lowest BCUT2D eigenvalue weighted by atomic mass is 9.70. The number of allylic oxidation sites excluding steroid dienone is 1. The summed E-state index contributed by atoms with van der Waals surface area (Å²) >= 11 is 6.27. The van der Waals surface area contributed by atoms with E-state index in [4.69, 9.17) is 16.3 Å². The maximum Gasteiger partial charge on any atom is 0.264 e. The molecule has 2 aliphatic heterocycles. The Hall–Kier alpha value is -3.06. The van der Waals surface area contributed by atoms with Gasteiger partial charge < -0.3 is 14.7 Å². The quantitative estimate of drug-likeness (QED) is 0.429. The molecular weight excluding hydrogens is 550 g/mol. The SMILES string of the molecule is N#C[C@H]1CC/C=C\[C@H](O)[C@@H]2CC[C@H]2CN2CCCCc3cc(Cl)ccc3COc3ccc(cc32)C(=O)NS1(=O)=O. The van der Waals surface area contributed by atoms with Crippen LogP contribution in [0.1, 0.15) is 60.0 Å². The van der Waals surface area contributed by atoms with Crippen LogP contribution in [-0.4, -0.2) is 43.9 Å². The zero-order valence-electron chi connectivity index (χ0n) is 22.3. The number of aryl methyl sites for hydroxylation is 1. The first-order valence-corrected chi connectivity index (χ1v) is 15.8. The molecule has 0 unspecified atom stereocenters. The first kappa shape index (κ1) is 28.5. The third-order valence-electron chi connectivity index (χ3n) is 8.29. The molecule has 5 rings (SSSR count). The number of carbonyl (C=O) groups excluding carboxylic acids is 1. The van der Waals surface area contributed by atoms with Gasteiger partial charge in [-0.15, -0.1) is 0 Å².